The van der Waals surface area contributed by atoms with Crippen molar-refractivity contribution in [3.63, 3.8) is 0 Å². The third-order valence-electron chi connectivity index (χ3n) is 4.67. The summed E-state index contributed by atoms with van der Waals surface area (Å²) in [7, 11) is 2.08. The molecule has 1 N–H and O–H groups in total. The molecule has 2 heterocycles. The van der Waals surface area contributed by atoms with Gasteiger partial charge < -0.3 is 5.32 Å². The van der Waals surface area contributed by atoms with E-state index in [9.17, 15) is 0 Å². The van der Waals surface area contributed by atoms with Gasteiger partial charge in [0.2, 0.25) is 0 Å². The van der Waals surface area contributed by atoms with Crippen molar-refractivity contribution in [3.8, 4) is 0 Å². The van der Waals surface area contributed by atoms with Gasteiger partial charge in [-0.25, -0.2) is 0 Å². The monoisotopic (exact) mass is 247 g/mol. The largest absolute Gasteiger partial charge is 0.317 e. The molecule has 1 aliphatic heterocycles. The Kier molecular flexibility index (Phi) is 4.36. The third-order valence-corrected chi connectivity index (χ3v) is 4.67. The summed E-state index contributed by atoms with van der Waals surface area (Å²) >= 11 is 0. The Labute approximate surface area is 111 Å². The van der Waals surface area contributed by atoms with Crippen LogP contribution in [0.3, 0.4) is 0 Å². The number of hydrogen-bond donors (Lipinski definition) is 1. The highest BCUT2D eigenvalue weighted by Gasteiger charge is 2.34. The van der Waals surface area contributed by atoms with Crippen molar-refractivity contribution in [1.82, 2.24) is 15.2 Å². The lowest BCUT2D eigenvalue weighted by molar-refractivity contribution is 0.0545. The van der Waals surface area contributed by atoms with Gasteiger partial charge in [0.05, 0.1) is 0 Å². The number of likely N-dealkylation sites (tertiary alicyclic amines) is 1. The molecule has 3 heteroatoms. The van der Waals surface area contributed by atoms with Crippen LogP contribution in [0.1, 0.15) is 38.8 Å². The van der Waals surface area contributed by atoms with Crippen molar-refractivity contribution in [3.05, 3.63) is 30.1 Å². The van der Waals surface area contributed by atoms with Crippen LogP contribution in [-0.4, -0.2) is 35.6 Å². The van der Waals surface area contributed by atoms with E-state index in [1.807, 2.05) is 12.4 Å². The number of piperidine rings is 1. The van der Waals surface area contributed by atoms with Gasteiger partial charge in [0.1, 0.15) is 0 Å². The first kappa shape index (κ1) is 13.5. The van der Waals surface area contributed by atoms with Crippen LogP contribution in [-0.2, 0) is 0 Å². The van der Waals surface area contributed by atoms with Crippen LogP contribution < -0.4 is 5.32 Å². The minimum atomic E-state index is 0.475. The normalized spacial score (nSPS) is 31.2. The zero-order valence-electron chi connectivity index (χ0n) is 11.9. The topological polar surface area (TPSA) is 28.2 Å². The second kappa shape index (κ2) is 5.81. The number of hydrogen-bond acceptors (Lipinski definition) is 3. The van der Waals surface area contributed by atoms with Crippen molar-refractivity contribution >= 4 is 0 Å². The number of pyridine rings is 1. The average Bonchev–Trinajstić information content (AvgIpc) is 2.42. The second-order valence-corrected chi connectivity index (χ2v) is 5.48. The van der Waals surface area contributed by atoms with E-state index >= 15 is 0 Å². The fourth-order valence-electron chi connectivity index (χ4n) is 3.18. The van der Waals surface area contributed by atoms with Gasteiger partial charge in [0.15, 0.2) is 0 Å². The maximum absolute atomic E-state index is 4.10. The van der Waals surface area contributed by atoms with Crippen LogP contribution >= 0.6 is 0 Å². The SMILES string of the molecule is CNC1CCN(C(C)c2ccncc2)C(C)C1C. The molecule has 18 heavy (non-hydrogen) atoms. The summed E-state index contributed by atoms with van der Waals surface area (Å²) in [5, 5.41) is 3.45. The molecular formula is C15H25N3. The lowest BCUT2D eigenvalue weighted by Crippen LogP contribution is -2.53. The Bertz CT molecular complexity index is 365. The summed E-state index contributed by atoms with van der Waals surface area (Å²) in [6.45, 7) is 8.18. The van der Waals surface area contributed by atoms with Gasteiger partial charge in [-0.15, -0.1) is 0 Å². The highest BCUT2D eigenvalue weighted by molar-refractivity contribution is 5.15. The fraction of sp³-hybridized carbons (Fsp3) is 0.667. The zero-order valence-corrected chi connectivity index (χ0v) is 11.9. The van der Waals surface area contributed by atoms with Gasteiger partial charge >= 0.3 is 0 Å². The van der Waals surface area contributed by atoms with Crippen molar-refractivity contribution in [2.75, 3.05) is 13.6 Å². The molecule has 0 spiro atoms. The zero-order chi connectivity index (χ0) is 13.1. The Morgan fingerprint density at radius 2 is 2.00 bits per heavy atom. The summed E-state index contributed by atoms with van der Waals surface area (Å²) in [6.07, 6.45) is 5.01. The summed E-state index contributed by atoms with van der Waals surface area (Å²) < 4.78 is 0. The summed E-state index contributed by atoms with van der Waals surface area (Å²) in [6, 6.07) is 6.00. The van der Waals surface area contributed by atoms with E-state index in [1.54, 1.807) is 0 Å². The van der Waals surface area contributed by atoms with Crippen LogP contribution in [0.25, 0.3) is 0 Å². The molecule has 100 valence electrons. The van der Waals surface area contributed by atoms with E-state index < -0.39 is 0 Å². The third kappa shape index (κ3) is 2.57. The lowest BCUT2D eigenvalue weighted by atomic mass is 9.85. The molecular weight excluding hydrogens is 222 g/mol. The molecule has 0 saturated carbocycles. The van der Waals surface area contributed by atoms with Gasteiger partial charge in [-0.2, -0.15) is 0 Å². The fourth-order valence-corrected chi connectivity index (χ4v) is 3.18. The van der Waals surface area contributed by atoms with E-state index in [-0.39, 0.29) is 0 Å². The van der Waals surface area contributed by atoms with Gasteiger partial charge in [0.25, 0.3) is 0 Å². The summed E-state index contributed by atoms with van der Waals surface area (Å²) in [4.78, 5) is 6.72. The van der Waals surface area contributed by atoms with Crippen LogP contribution in [0, 0.1) is 5.92 Å². The molecule has 0 aromatic carbocycles. The average molecular weight is 247 g/mol. The van der Waals surface area contributed by atoms with Gasteiger partial charge in [0, 0.05) is 37.1 Å². The van der Waals surface area contributed by atoms with Crippen LogP contribution in [0.2, 0.25) is 0 Å². The molecule has 4 unspecified atom stereocenters. The Morgan fingerprint density at radius 3 is 2.61 bits per heavy atom. The van der Waals surface area contributed by atoms with E-state index in [0.29, 0.717) is 24.0 Å². The van der Waals surface area contributed by atoms with E-state index in [4.69, 9.17) is 0 Å². The maximum atomic E-state index is 4.10. The predicted octanol–water partition coefficient (Wildman–Crippen LogP) is 2.46. The Balaban J connectivity index is 2.10. The highest BCUT2D eigenvalue weighted by Crippen LogP contribution is 2.31. The first-order valence-electron chi connectivity index (χ1n) is 6.98. The van der Waals surface area contributed by atoms with E-state index in [2.05, 4.69) is 55.2 Å². The van der Waals surface area contributed by atoms with Crippen molar-refractivity contribution in [2.45, 2.75) is 45.3 Å². The smallest absolute Gasteiger partial charge is 0.0323 e. The quantitative estimate of drug-likeness (QED) is 0.889. The van der Waals surface area contributed by atoms with E-state index in [0.717, 1.165) is 0 Å². The molecule has 1 aliphatic rings. The summed E-state index contributed by atoms with van der Waals surface area (Å²) in [5.41, 5.74) is 1.37. The molecule has 2 rings (SSSR count). The van der Waals surface area contributed by atoms with Crippen LogP contribution in [0.4, 0.5) is 0 Å². The molecule has 1 fully saturated rings. The minimum Gasteiger partial charge on any atom is -0.317 e. The molecule has 0 amide bonds. The molecule has 3 nitrogen and oxygen atoms in total. The number of aromatic nitrogens is 1. The van der Waals surface area contributed by atoms with Crippen LogP contribution in [0.5, 0.6) is 0 Å². The van der Waals surface area contributed by atoms with Crippen LogP contribution in [0.15, 0.2) is 24.5 Å². The van der Waals surface area contributed by atoms with Gasteiger partial charge in [-0.1, -0.05) is 6.92 Å². The molecule has 1 aromatic heterocycles. The molecule has 0 radical (unpaired) electrons. The van der Waals surface area contributed by atoms with Crippen molar-refractivity contribution < 1.29 is 0 Å². The first-order chi connectivity index (χ1) is 8.65. The van der Waals surface area contributed by atoms with Crippen molar-refractivity contribution in [1.29, 1.82) is 0 Å². The molecule has 1 saturated heterocycles. The number of nitrogens with one attached hydrogen (secondary N) is 1. The predicted molar refractivity (Wildman–Crippen MR) is 75.4 cm³/mol. The second-order valence-electron chi connectivity index (χ2n) is 5.48. The first-order valence-corrected chi connectivity index (χ1v) is 6.98. The summed E-state index contributed by atoms with van der Waals surface area (Å²) in [5.74, 6) is 0.688. The molecule has 1 aromatic rings. The molecule has 4 atom stereocenters. The molecule has 0 bridgehead atoms. The van der Waals surface area contributed by atoms with Gasteiger partial charge in [-0.3, -0.25) is 9.88 Å². The van der Waals surface area contributed by atoms with Gasteiger partial charge in [-0.05, 0) is 50.9 Å². The number of rotatable bonds is 3. The van der Waals surface area contributed by atoms with Crippen molar-refractivity contribution in [2.24, 2.45) is 5.92 Å². The standard InChI is InChI=1S/C15H25N3/c1-11-12(2)18(10-7-15(11)16-4)13(3)14-5-8-17-9-6-14/h5-6,8-9,11-13,15-16H,7,10H2,1-4H3. The molecule has 0 aliphatic carbocycles. The highest BCUT2D eigenvalue weighted by atomic mass is 15.2. The number of nitrogens with zero attached hydrogens (tertiary/aromatic N) is 2. The van der Waals surface area contributed by atoms with E-state index in [1.165, 1.54) is 18.5 Å². The Morgan fingerprint density at radius 1 is 1.33 bits per heavy atom. The Hall–Kier alpha value is -0.930. The lowest BCUT2D eigenvalue weighted by Gasteiger charge is -2.45. The minimum absolute atomic E-state index is 0.475. The maximum Gasteiger partial charge on any atom is 0.0323 e.